The van der Waals surface area contributed by atoms with Crippen LogP contribution in [0.15, 0.2) is 24.3 Å². The van der Waals surface area contributed by atoms with E-state index in [1.165, 1.54) is 12.7 Å². The Morgan fingerprint density at radius 2 is 1.83 bits per heavy atom. The summed E-state index contributed by atoms with van der Waals surface area (Å²) in [5.74, 6) is 0.754. The van der Waals surface area contributed by atoms with Gasteiger partial charge in [-0.2, -0.15) is 0 Å². The van der Waals surface area contributed by atoms with Crippen LogP contribution in [0.25, 0.3) is 0 Å². The summed E-state index contributed by atoms with van der Waals surface area (Å²) in [6.45, 7) is 2.64. The van der Waals surface area contributed by atoms with Crippen molar-refractivity contribution in [1.29, 1.82) is 0 Å². The lowest BCUT2D eigenvalue weighted by Gasteiger charge is -2.32. The minimum absolute atomic E-state index is 0.0122. The molecule has 0 radical (unpaired) electrons. The van der Waals surface area contributed by atoms with Gasteiger partial charge >= 0.3 is 0 Å². The molecule has 0 atom stereocenters. The molecule has 6 heteroatoms. The average Bonchev–Trinajstić information content (AvgIpc) is 2.52. The summed E-state index contributed by atoms with van der Waals surface area (Å²) in [5.41, 5.74) is 1.35. The van der Waals surface area contributed by atoms with Crippen molar-refractivity contribution in [2.45, 2.75) is 25.0 Å². The first-order valence-corrected chi connectivity index (χ1v) is 10.2. The SMILES string of the molecule is CNCCC1CCN(C(=O)c2ccc(CS(C)(=O)=O)cc2)CC1. The van der Waals surface area contributed by atoms with E-state index >= 15 is 0 Å². The third-order valence-electron chi connectivity index (χ3n) is 4.33. The van der Waals surface area contributed by atoms with Gasteiger partial charge in [0.2, 0.25) is 0 Å². The molecule has 1 aromatic carbocycles. The van der Waals surface area contributed by atoms with E-state index in [4.69, 9.17) is 0 Å². The van der Waals surface area contributed by atoms with Crippen molar-refractivity contribution in [1.82, 2.24) is 10.2 Å². The molecule has 1 saturated heterocycles. The van der Waals surface area contributed by atoms with Gasteiger partial charge in [0.15, 0.2) is 9.84 Å². The molecule has 0 aromatic heterocycles. The van der Waals surface area contributed by atoms with E-state index in [1.54, 1.807) is 24.3 Å². The Balaban J connectivity index is 1.91. The normalized spacial score (nSPS) is 16.5. The summed E-state index contributed by atoms with van der Waals surface area (Å²) in [4.78, 5) is 14.4. The number of amides is 1. The maximum atomic E-state index is 12.5. The third kappa shape index (κ3) is 5.62. The van der Waals surface area contributed by atoms with Crippen LogP contribution in [0.3, 0.4) is 0 Å². The molecular formula is C17H26N2O3S. The summed E-state index contributed by atoms with van der Waals surface area (Å²) in [5, 5.41) is 3.17. The molecule has 2 rings (SSSR count). The number of nitrogens with zero attached hydrogens (tertiary/aromatic N) is 1. The number of sulfone groups is 1. The Hall–Kier alpha value is -1.40. The van der Waals surface area contributed by atoms with Gasteiger partial charge in [-0.25, -0.2) is 8.42 Å². The lowest BCUT2D eigenvalue weighted by Crippen LogP contribution is -2.38. The van der Waals surface area contributed by atoms with Crippen molar-refractivity contribution in [3.05, 3.63) is 35.4 Å². The smallest absolute Gasteiger partial charge is 0.253 e. The predicted molar refractivity (Wildman–Crippen MR) is 92.2 cm³/mol. The highest BCUT2D eigenvalue weighted by Gasteiger charge is 2.23. The second kappa shape index (κ2) is 7.93. The summed E-state index contributed by atoms with van der Waals surface area (Å²) in [7, 11) is -1.08. The van der Waals surface area contributed by atoms with E-state index in [0.29, 0.717) is 11.5 Å². The number of carbonyl (C=O) groups excluding carboxylic acids is 1. The van der Waals surface area contributed by atoms with E-state index in [0.717, 1.165) is 38.0 Å². The Morgan fingerprint density at radius 3 is 2.35 bits per heavy atom. The largest absolute Gasteiger partial charge is 0.339 e. The van der Waals surface area contributed by atoms with Gasteiger partial charge in [0.25, 0.3) is 5.91 Å². The molecule has 0 spiro atoms. The van der Waals surface area contributed by atoms with Gasteiger partial charge in [-0.05, 0) is 56.5 Å². The second-order valence-corrected chi connectivity index (χ2v) is 8.53. The molecule has 0 saturated carbocycles. The number of piperidine rings is 1. The van der Waals surface area contributed by atoms with Crippen LogP contribution in [0.4, 0.5) is 0 Å². The van der Waals surface area contributed by atoms with Gasteiger partial charge in [0.1, 0.15) is 0 Å². The van der Waals surface area contributed by atoms with E-state index in [1.807, 2.05) is 11.9 Å². The van der Waals surface area contributed by atoms with Crippen LogP contribution in [0.1, 0.15) is 35.2 Å². The number of hydrogen-bond acceptors (Lipinski definition) is 4. The molecule has 1 aromatic rings. The molecule has 1 N–H and O–H groups in total. The fourth-order valence-electron chi connectivity index (χ4n) is 3.00. The molecule has 0 unspecified atom stereocenters. The Bertz CT molecular complexity index is 618. The molecule has 1 aliphatic heterocycles. The quantitative estimate of drug-likeness (QED) is 0.857. The zero-order valence-electron chi connectivity index (χ0n) is 13.9. The summed E-state index contributed by atoms with van der Waals surface area (Å²) >= 11 is 0. The van der Waals surface area contributed by atoms with Crippen molar-refractivity contribution in [2.24, 2.45) is 5.92 Å². The Labute approximate surface area is 139 Å². The Morgan fingerprint density at radius 1 is 1.22 bits per heavy atom. The van der Waals surface area contributed by atoms with E-state index in [9.17, 15) is 13.2 Å². The first-order valence-electron chi connectivity index (χ1n) is 8.09. The van der Waals surface area contributed by atoms with Gasteiger partial charge < -0.3 is 10.2 Å². The van der Waals surface area contributed by atoms with Crippen molar-refractivity contribution >= 4 is 15.7 Å². The van der Waals surface area contributed by atoms with Crippen LogP contribution in [-0.2, 0) is 15.6 Å². The number of carbonyl (C=O) groups is 1. The highest BCUT2D eigenvalue weighted by atomic mass is 32.2. The van der Waals surface area contributed by atoms with Crippen molar-refractivity contribution in [2.75, 3.05) is 32.9 Å². The molecule has 0 aliphatic carbocycles. The number of benzene rings is 1. The zero-order valence-corrected chi connectivity index (χ0v) is 14.7. The van der Waals surface area contributed by atoms with Gasteiger partial charge in [-0.15, -0.1) is 0 Å². The molecule has 5 nitrogen and oxygen atoms in total. The van der Waals surface area contributed by atoms with Gasteiger partial charge in [0, 0.05) is 24.9 Å². The molecular weight excluding hydrogens is 312 g/mol. The highest BCUT2D eigenvalue weighted by molar-refractivity contribution is 7.89. The number of rotatable bonds is 6. The average molecular weight is 338 g/mol. The number of likely N-dealkylation sites (tertiary alicyclic amines) is 1. The van der Waals surface area contributed by atoms with Crippen LogP contribution >= 0.6 is 0 Å². The summed E-state index contributed by atoms with van der Waals surface area (Å²) < 4.78 is 22.6. The number of hydrogen-bond donors (Lipinski definition) is 1. The van der Waals surface area contributed by atoms with Crippen LogP contribution in [0.2, 0.25) is 0 Å². The molecule has 1 fully saturated rings. The van der Waals surface area contributed by atoms with Gasteiger partial charge in [-0.1, -0.05) is 12.1 Å². The van der Waals surface area contributed by atoms with E-state index in [2.05, 4.69) is 5.32 Å². The fraction of sp³-hybridized carbons (Fsp3) is 0.588. The van der Waals surface area contributed by atoms with Crippen LogP contribution in [0.5, 0.6) is 0 Å². The number of nitrogens with one attached hydrogen (secondary N) is 1. The maximum absolute atomic E-state index is 12.5. The van der Waals surface area contributed by atoms with E-state index < -0.39 is 9.84 Å². The summed E-state index contributed by atoms with van der Waals surface area (Å²) in [6.07, 6.45) is 4.49. The summed E-state index contributed by atoms with van der Waals surface area (Å²) in [6, 6.07) is 6.92. The lowest BCUT2D eigenvalue weighted by molar-refractivity contribution is 0.0687. The fourth-order valence-corrected chi connectivity index (χ4v) is 3.80. The standard InChI is InChI=1S/C17H26N2O3S/c1-18-10-7-14-8-11-19(12-9-14)17(20)16-5-3-15(4-6-16)13-23(2,21)22/h3-6,14,18H,7-13H2,1-2H3. The molecule has 128 valence electrons. The first kappa shape index (κ1) is 17.9. The second-order valence-electron chi connectivity index (χ2n) is 6.39. The maximum Gasteiger partial charge on any atom is 0.253 e. The van der Waals surface area contributed by atoms with Crippen molar-refractivity contribution in [3.63, 3.8) is 0 Å². The zero-order chi connectivity index (χ0) is 16.9. The van der Waals surface area contributed by atoms with Crippen molar-refractivity contribution < 1.29 is 13.2 Å². The minimum Gasteiger partial charge on any atom is -0.339 e. The topological polar surface area (TPSA) is 66.5 Å². The molecule has 1 heterocycles. The molecule has 23 heavy (non-hydrogen) atoms. The third-order valence-corrected chi connectivity index (χ3v) is 5.19. The molecule has 0 bridgehead atoms. The first-order chi connectivity index (χ1) is 10.9. The highest BCUT2D eigenvalue weighted by Crippen LogP contribution is 2.21. The van der Waals surface area contributed by atoms with Crippen LogP contribution in [0, 0.1) is 5.92 Å². The monoisotopic (exact) mass is 338 g/mol. The van der Waals surface area contributed by atoms with Crippen LogP contribution in [-0.4, -0.2) is 52.2 Å². The van der Waals surface area contributed by atoms with Gasteiger partial charge in [-0.3, -0.25) is 4.79 Å². The lowest BCUT2D eigenvalue weighted by atomic mass is 9.93. The predicted octanol–water partition coefficient (Wildman–Crippen LogP) is 1.69. The minimum atomic E-state index is -3.05. The molecule has 1 amide bonds. The molecule has 1 aliphatic rings. The van der Waals surface area contributed by atoms with E-state index in [-0.39, 0.29) is 11.7 Å². The Kier molecular flexibility index (Phi) is 6.18. The van der Waals surface area contributed by atoms with Crippen molar-refractivity contribution in [3.8, 4) is 0 Å². The van der Waals surface area contributed by atoms with Crippen LogP contribution < -0.4 is 5.32 Å². The van der Waals surface area contributed by atoms with Gasteiger partial charge in [0.05, 0.1) is 5.75 Å².